The SMILES string of the molecule is CC(=O)Nc1ccc(Cl)cc1NC(=O)CN=C1NS(=O)(=O)c2ccccc21. The van der Waals surface area contributed by atoms with E-state index >= 15 is 0 Å². The van der Waals surface area contributed by atoms with Crippen LogP contribution in [0, 0.1) is 0 Å². The van der Waals surface area contributed by atoms with E-state index in [1.54, 1.807) is 30.3 Å². The molecule has 0 radical (unpaired) electrons. The van der Waals surface area contributed by atoms with E-state index in [0.29, 0.717) is 22.0 Å². The molecule has 1 heterocycles. The fraction of sp³-hybridized carbons (Fsp3) is 0.118. The van der Waals surface area contributed by atoms with Crippen molar-refractivity contribution in [2.75, 3.05) is 17.2 Å². The molecule has 0 bridgehead atoms. The summed E-state index contributed by atoms with van der Waals surface area (Å²) in [7, 11) is -3.66. The number of anilines is 2. The fourth-order valence-corrected chi connectivity index (χ4v) is 3.93. The number of halogens is 1. The summed E-state index contributed by atoms with van der Waals surface area (Å²) in [5.41, 5.74) is 1.11. The molecular weight excluding hydrogens is 392 g/mol. The Morgan fingerprint density at radius 2 is 1.85 bits per heavy atom. The smallest absolute Gasteiger partial charge is 0.263 e. The molecule has 0 saturated heterocycles. The van der Waals surface area contributed by atoms with Crippen molar-refractivity contribution in [2.24, 2.45) is 4.99 Å². The number of amidine groups is 1. The number of aliphatic imine (C=N–C) groups is 1. The zero-order chi connectivity index (χ0) is 19.6. The lowest BCUT2D eigenvalue weighted by Gasteiger charge is -2.11. The standard InChI is InChI=1S/C17H15ClN4O4S/c1-10(23)20-13-7-6-11(18)8-14(13)21-16(24)9-19-17-12-4-2-3-5-15(12)27(25,26)22-17/h2-8H,9H2,1H3,(H,19,22)(H,20,23)(H,21,24). The second-order valence-corrected chi connectivity index (χ2v) is 7.77. The summed E-state index contributed by atoms with van der Waals surface area (Å²) in [6.45, 7) is 1.02. The lowest BCUT2D eigenvalue weighted by Crippen LogP contribution is -2.24. The van der Waals surface area contributed by atoms with Crippen molar-refractivity contribution in [1.82, 2.24) is 4.72 Å². The number of carbonyl (C=O) groups excluding carboxylic acids is 2. The van der Waals surface area contributed by atoms with Gasteiger partial charge in [0.25, 0.3) is 10.0 Å². The zero-order valence-electron chi connectivity index (χ0n) is 14.1. The monoisotopic (exact) mass is 406 g/mol. The van der Waals surface area contributed by atoms with Gasteiger partial charge in [-0.15, -0.1) is 0 Å². The summed E-state index contributed by atoms with van der Waals surface area (Å²) in [6, 6.07) is 11.0. The lowest BCUT2D eigenvalue weighted by atomic mass is 10.2. The van der Waals surface area contributed by atoms with Crippen LogP contribution in [-0.2, 0) is 19.6 Å². The summed E-state index contributed by atoms with van der Waals surface area (Å²) < 4.78 is 26.4. The molecule has 0 atom stereocenters. The number of hydrogen-bond acceptors (Lipinski definition) is 5. The van der Waals surface area contributed by atoms with E-state index in [1.165, 1.54) is 19.1 Å². The van der Waals surface area contributed by atoms with Gasteiger partial charge in [0.15, 0.2) is 0 Å². The van der Waals surface area contributed by atoms with Crippen LogP contribution in [0.2, 0.25) is 5.02 Å². The van der Waals surface area contributed by atoms with Crippen LogP contribution in [0.25, 0.3) is 0 Å². The molecule has 1 aliphatic rings. The molecule has 0 aromatic heterocycles. The number of sulfonamides is 1. The van der Waals surface area contributed by atoms with Gasteiger partial charge in [0.2, 0.25) is 11.8 Å². The summed E-state index contributed by atoms with van der Waals surface area (Å²) in [6.07, 6.45) is 0. The van der Waals surface area contributed by atoms with E-state index in [9.17, 15) is 18.0 Å². The Morgan fingerprint density at radius 1 is 1.11 bits per heavy atom. The molecule has 8 nitrogen and oxygen atoms in total. The summed E-state index contributed by atoms with van der Waals surface area (Å²) >= 11 is 5.94. The van der Waals surface area contributed by atoms with Crippen LogP contribution in [0.3, 0.4) is 0 Å². The molecule has 3 rings (SSSR count). The predicted octanol–water partition coefficient (Wildman–Crippen LogP) is 1.98. The summed E-state index contributed by atoms with van der Waals surface area (Å²) in [5, 5.41) is 5.57. The molecule has 0 aliphatic carbocycles. The van der Waals surface area contributed by atoms with Gasteiger partial charge in [-0.3, -0.25) is 19.3 Å². The number of rotatable bonds is 4. The average Bonchev–Trinajstić information content (AvgIpc) is 2.86. The van der Waals surface area contributed by atoms with Crippen molar-refractivity contribution in [1.29, 1.82) is 0 Å². The van der Waals surface area contributed by atoms with Crippen LogP contribution >= 0.6 is 11.6 Å². The van der Waals surface area contributed by atoms with Gasteiger partial charge in [-0.2, -0.15) is 0 Å². The minimum absolute atomic E-state index is 0.105. The van der Waals surface area contributed by atoms with E-state index in [2.05, 4.69) is 20.3 Å². The molecule has 140 valence electrons. The van der Waals surface area contributed by atoms with Crippen LogP contribution in [0.1, 0.15) is 12.5 Å². The molecule has 27 heavy (non-hydrogen) atoms. The Hall–Kier alpha value is -2.91. The van der Waals surface area contributed by atoms with Gasteiger partial charge in [0, 0.05) is 17.5 Å². The van der Waals surface area contributed by atoms with Crippen LogP contribution in [0.5, 0.6) is 0 Å². The average molecular weight is 407 g/mol. The van der Waals surface area contributed by atoms with Crippen LogP contribution in [0.15, 0.2) is 52.4 Å². The molecular formula is C17H15ClN4O4S. The molecule has 2 aromatic carbocycles. The van der Waals surface area contributed by atoms with Gasteiger partial charge in [-0.25, -0.2) is 8.42 Å². The molecule has 0 spiro atoms. The molecule has 0 unspecified atom stereocenters. The third-order valence-electron chi connectivity index (χ3n) is 3.61. The number of benzene rings is 2. The molecule has 0 fully saturated rings. The number of nitrogens with zero attached hydrogens (tertiary/aromatic N) is 1. The van der Waals surface area contributed by atoms with E-state index in [4.69, 9.17) is 11.6 Å². The van der Waals surface area contributed by atoms with Crippen molar-refractivity contribution in [3.63, 3.8) is 0 Å². The number of fused-ring (bicyclic) bond motifs is 1. The number of carbonyl (C=O) groups is 2. The Balaban J connectivity index is 1.77. The van der Waals surface area contributed by atoms with Gasteiger partial charge in [0.05, 0.1) is 16.3 Å². The summed E-state index contributed by atoms with van der Waals surface area (Å²) in [4.78, 5) is 27.7. The first kappa shape index (κ1) is 18.9. The van der Waals surface area contributed by atoms with Crippen molar-refractivity contribution in [2.45, 2.75) is 11.8 Å². The number of amides is 2. The first-order valence-corrected chi connectivity index (χ1v) is 9.66. The molecule has 10 heteroatoms. The predicted molar refractivity (Wildman–Crippen MR) is 103 cm³/mol. The van der Waals surface area contributed by atoms with Crippen molar-refractivity contribution in [3.8, 4) is 0 Å². The van der Waals surface area contributed by atoms with Gasteiger partial charge in [0.1, 0.15) is 12.4 Å². The molecule has 2 amide bonds. The molecule has 3 N–H and O–H groups in total. The quantitative estimate of drug-likeness (QED) is 0.719. The molecule has 0 saturated carbocycles. The van der Waals surface area contributed by atoms with Crippen molar-refractivity contribution in [3.05, 3.63) is 53.1 Å². The highest BCUT2D eigenvalue weighted by molar-refractivity contribution is 7.90. The van der Waals surface area contributed by atoms with Crippen LogP contribution < -0.4 is 15.4 Å². The Labute approximate surface area is 160 Å². The first-order chi connectivity index (χ1) is 12.8. The minimum atomic E-state index is -3.66. The van der Waals surface area contributed by atoms with E-state index < -0.39 is 15.9 Å². The second-order valence-electron chi connectivity index (χ2n) is 5.69. The van der Waals surface area contributed by atoms with Crippen LogP contribution in [0.4, 0.5) is 11.4 Å². The van der Waals surface area contributed by atoms with Crippen molar-refractivity contribution >= 4 is 50.6 Å². The van der Waals surface area contributed by atoms with E-state index in [1.807, 2.05) is 0 Å². The molecule has 1 aliphatic heterocycles. The minimum Gasteiger partial charge on any atom is -0.325 e. The van der Waals surface area contributed by atoms with Gasteiger partial charge >= 0.3 is 0 Å². The topological polar surface area (TPSA) is 117 Å². The Morgan fingerprint density at radius 3 is 2.59 bits per heavy atom. The molecule has 2 aromatic rings. The number of hydrogen-bond donors (Lipinski definition) is 3. The van der Waals surface area contributed by atoms with Crippen LogP contribution in [-0.4, -0.2) is 32.6 Å². The summed E-state index contributed by atoms with van der Waals surface area (Å²) in [5.74, 6) is -0.695. The number of nitrogens with one attached hydrogen (secondary N) is 3. The maximum absolute atomic E-state index is 12.2. The first-order valence-electron chi connectivity index (χ1n) is 7.80. The Kier molecular flexibility index (Phi) is 5.15. The highest BCUT2D eigenvalue weighted by Crippen LogP contribution is 2.26. The largest absolute Gasteiger partial charge is 0.325 e. The van der Waals surface area contributed by atoms with Crippen molar-refractivity contribution < 1.29 is 18.0 Å². The van der Waals surface area contributed by atoms with E-state index in [0.717, 1.165) is 0 Å². The van der Waals surface area contributed by atoms with Gasteiger partial charge < -0.3 is 10.6 Å². The third-order valence-corrected chi connectivity index (χ3v) is 5.24. The second kappa shape index (κ2) is 7.37. The lowest BCUT2D eigenvalue weighted by molar-refractivity contribution is -0.115. The van der Waals surface area contributed by atoms with E-state index in [-0.39, 0.29) is 23.2 Å². The highest BCUT2D eigenvalue weighted by atomic mass is 35.5. The zero-order valence-corrected chi connectivity index (χ0v) is 15.7. The maximum atomic E-state index is 12.2. The van der Waals surface area contributed by atoms with Gasteiger partial charge in [-0.1, -0.05) is 23.7 Å². The normalized spacial score (nSPS) is 15.7. The fourth-order valence-electron chi connectivity index (χ4n) is 2.51. The Bertz CT molecular complexity index is 1070. The highest BCUT2D eigenvalue weighted by Gasteiger charge is 2.30. The third kappa shape index (κ3) is 4.26. The van der Waals surface area contributed by atoms with Gasteiger partial charge in [-0.05, 0) is 30.3 Å². The maximum Gasteiger partial charge on any atom is 0.263 e.